The van der Waals surface area contributed by atoms with Crippen molar-refractivity contribution in [3.63, 3.8) is 0 Å². The molecule has 0 bridgehead atoms. The molecule has 3 nitrogen and oxygen atoms in total. The molecule has 0 aromatic rings. The predicted molar refractivity (Wildman–Crippen MR) is 67.0 cm³/mol. The molecule has 0 radical (unpaired) electrons. The van der Waals surface area contributed by atoms with Crippen LogP contribution in [0.15, 0.2) is 35.1 Å². The van der Waals surface area contributed by atoms with E-state index in [0.29, 0.717) is 17.9 Å². The second-order valence-corrected chi connectivity index (χ2v) is 4.84. The van der Waals surface area contributed by atoms with Gasteiger partial charge in [0.05, 0.1) is 5.57 Å². The third kappa shape index (κ3) is 2.28. The summed E-state index contributed by atoms with van der Waals surface area (Å²) in [5.41, 5.74) is 8.46. The molecule has 1 aliphatic carbocycles. The maximum absolute atomic E-state index is 11.7. The highest BCUT2D eigenvalue weighted by Crippen LogP contribution is 2.54. The van der Waals surface area contributed by atoms with Gasteiger partial charge in [-0.15, -0.1) is 0 Å². The lowest BCUT2D eigenvalue weighted by Crippen LogP contribution is -2.25. The molecule has 2 rings (SSSR count). The Morgan fingerprint density at radius 1 is 1.53 bits per heavy atom. The first-order chi connectivity index (χ1) is 8.09. The lowest BCUT2D eigenvalue weighted by molar-refractivity contribution is -0.141. The number of cyclic esters (lactones) is 1. The molecular formula is C14H19NO2. The van der Waals surface area contributed by atoms with Gasteiger partial charge in [-0.3, -0.25) is 0 Å². The maximum Gasteiger partial charge on any atom is 0.338 e. The largest absolute Gasteiger partial charge is 0.461 e. The van der Waals surface area contributed by atoms with Gasteiger partial charge in [0.1, 0.15) is 6.61 Å². The Bertz CT molecular complexity index is 426. The molecule has 0 saturated heterocycles. The molecule has 1 saturated carbocycles. The van der Waals surface area contributed by atoms with Crippen LogP contribution in [0.1, 0.15) is 33.1 Å². The zero-order valence-corrected chi connectivity index (χ0v) is 10.5. The summed E-state index contributed by atoms with van der Waals surface area (Å²) in [5.74, 6) is -0.222. The highest BCUT2D eigenvalue weighted by Gasteiger charge is 2.49. The number of rotatable bonds is 3. The summed E-state index contributed by atoms with van der Waals surface area (Å²) in [6.07, 6.45) is 8.65. The fraction of sp³-hybridized carbons (Fsp3) is 0.500. The molecule has 0 aromatic heterocycles. The number of allylic oxidation sites excluding steroid dienone is 2. The quantitative estimate of drug-likeness (QED) is 0.601. The zero-order valence-electron chi connectivity index (χ0n) is 10.5. The maximum atomic E-state index is 11.7. The Kier molecular flexibility index (Phi) is 3.09. The van der Waals surface area contributed by atoms with Gasteiger partial charge in [-0.2, -0.15) is 0 Å². The van der Waals surface area contributed by atoms with Gasteiger partial charge in [0, 0.05) is 11.1 Å². The van der Waals surface area contributed by atoms with Crippen molar-refractivity contribution in [2.24, 2.45) is 11.1 Å². The molecular weight excluding hydrogens is 214 g/mol. The van der Waals surface area contributed by atoms with Crippen molar-refractivity contribution in [3.05, 3.63) is 35.1 Å². The Morgan fingerprint density at radius 2 is 2.24 bits per heavy atom. The average Bonchev–Trinajstić information content (AvgIpc) is 3.06. The lowest BCUT2D eigenvalue weighted by atomic mass is 9.91. The van der Waals surface area contributed by atoms with E-state index < -0.39 is 0 Å². The van der Waals surface area contributed by atoms with Gasteiger partial charge in [-0.05, 0) is 43.9 Å². The predicted octanol–water partition coefficient (Wildman–Crippen LogP) is 2.45. The van der Waals surface area contributed by atoms with Crippen LogP contribution in [0.25, 0.3) is 0 Å². The van der Waals surface area contributed by atoms with Crippen molar-refractivity contribution in [2.75, 3.05) is 6.61 Å². The second-order valence-electron chi connectivity index (χ2n) is 4.84. The number of nitrogens with two attached hydrogens (primary N) is 1. The van der Waals surface area contributed by atoms with Gasteiger partial charge in [-0.1, -0.05) is 13.0 Å². The van der Waals surface area contributed by atoms with E-state index in [1.165, 1.54) is 0 Å². The van der Waals surface area contributed by atoms with Crippen LogP contribution in [-0.4, -0.2) is 12.6 Å². The summed E-state index contributed by atoms with van der Waals surface area (Å²) < 4.78 is 5.22. The van der Waals surface area contributed by atoms with Gasteiger partial charge >= 0.3 is 5.97 Å². The van der Waals surface area contributed by atoms with E-state index in [4.69, 9.17) is 10.5 Å². The van der Waals surface area contributed by atoms with Crippen LogP contribution in [0.5, 0.6) is 0 Å². The fourth-order valence-corrected chi connectivity index (χ4v) is 2.18. The van der Waals surface area contributed by atoms with Crippen LogP contribution in [0.4, 0.5) is 0 Å². The molecule has 0 atom stereocenters. The van der Waals surface area contributed by atoms with E-state index in [-0.39, 0.29) is 11.4 Å². The van der Waals surface area contributed by atoms with Crippen LogP contribution in [0.2, 0.25) is 0 Å². The summed E-state index contributed by atoms with van der Waals surface area (Å²) >= 11 is 0. The highest BCUT2D eigenvalue weighted by molar-refractivity contribution is 5.94. The number of hydrogen-bond acceptors (Lipinski definition) is 3. The second kappa shape index (κ2) is 4.40. The van der Waals surface area contributed by atoms with Crippen molar-refractivity contribution in [1.29, 1.82) is 0 Å². The molecule has 3 heteroatoms. The monoisotopic (exact) mass is 233 g/mol. The number of esters is 1. The molecule has 1 fully saturated rings. The van der Waals surface area contributed by atoms with Gasteiger partial charge in [-0.25, -0.2) is 4.79 Å². The summed E-state index contributed by atoms with van der Waals surface area (Å²) in [6.45, 7) is 4.61. The Labute approximate surface area is 102 Å². The van der Waals surface area contributed by atoms with Crippen LogP contribution >= 0.6 is 0 Å². The van der Waals surface area contributed by atoms with E-state index in [0.717, 1.165) is 24.8 Å². The van der Waals surface area contributed by atoms with E-state index in [9.17, 15) is 4.79 Å². The van der Waals surface area contributed by atoms with Crippen molar-refractivity contribution in [3.8, 4) is 0 Å². The van der Waals surface area contributed by atoms with Crippen LogP contribution in [0.3, 0.4) is 0 Å². The third-order valence-electron chi connectivity index (χ3n) is 3.63. The summed E-state index contributed by atoms with van der Waals surface area (Å²) in [4.78, 5) is 11.7. The lowest BCUT2D eigenvalue weighted by Gasteiger charge is -2.24. The van der Waals surface area contributed by atoms with Crippen molar-refractivity contribution in [2.45, 2.75) is 33.1 Å². The minimum absolute atomic E-state index is 0.150. The number of ether oxygens (including phenoxy) is 1. The smallest absolute Gasteiger partial charge is 0.338 e. The molecule has 1 heterocycles. The van der Waals surface area contributed by atoms with Crippen LogP contribution in [-0.2, 0) is 9.53 Å². The van der Waals surface area contributed by atoms with Crippen molar-refractivity contribution >= 4 is 5.97 Å². The van der Waals surface area contributed by atoms with E-state index in [1.54, 1.807) is 12.2 Å². The third-order valence-corrected chi connectivity index (χ3v) is 3.63. The fourth-order valence-electron chi connectivity index (χ4n) is 2.18. The number of carbonyl (C=O) groups excluding carboxylic acids is 1. The summed E-state index contributed by atoms with van der Waals surface area (Å²) in [7, 11) is 0. The first-order valence-corrected chi connectivity index (χ1v) is 6.11. The molecule has 2 aliphatic rings. The zero-order chi connectivity index (χ0) is 12.5. The topological polar surface area (TPSA) is 52.3 Å². The first-order valence-electron chi connectivity index (χ1n) is 6.11. The molecule has 0 unspecified atom stereocenters. The van der Waals surface area contributed by atoms with Crippen molar-refractivity contribution in [1.82, 2.24) is 0 Å². The van der Waals surface area contributed by atoms with Gasteiger partial charge in [0.2, 0.25) is 0 Å². The normalized spacial score (nSPS) is 23.4. The minimum atomic E-state index is -0.222. The van der Waals surface area contributed by atoms with E-state index >= 15 is 0 Å². The van der Waals surface area contributed by atoms with Crippen molar-refractivity contribution < 1.29 is 9.53 Å². The molecule has 0 aromatic carbocycles. The number of carbonyl (C=O) groups is 1. The highest BCUT2D eigenvalue weighted by atomic mass is 16.5. The van der Waals surface area contributed by atoms with E-state index in [1.807, 2.05) is 19.9 Å². The Morgan fingerprint density at radius 3 is 2.82 bits per heavy atom. The first kappa shape index (κ1) is 12.0. The van der Waals surface area contributed by atoms with Crippen LogP contribution < -0.4 is 5.73 Å². The molecule has 0 amide bonds. The molecule has 1 spiro atoms. The van der Waals surface area contributed by atoms with Gasteiger partial charge < -0.3 is 10.5 Å². The Balaban J connectivity index is 2.23. The molecule has 92 valence electrons. The summed E-state index contributed by atoms with van der Waals surface area (Å²) in [6, 6.07) is 0. The summed E-state index contributed by atoms with van der Waals surface area (Å²) in [5, 5.41) is 0. The molecule has 1 aliphatic heterocycles. The average molecular weight is 233 g/mol. The SMILES string of the molecule is CC/C=C(N)/C=C\C1=C(C)C2(CC2)COC1=O. The molecule has 17 heavy (non-hydrogen) atoms. The van der Waals surface area contributed by atoms with E-state index in [2.05, 4.69) is 0 Å². The van der Waals surface area contributed by atoms with Gasteiger partial charge in [0.25, 0.3) is 0 Å². The standard InChI is InChI=1S/C14H19NO2/c1-3-4-11(15)5-6-12-10(2)14(7-8-14)9-17-13(12)16/h4-6H,3,7-9,15H2,1-2H3/b6-5-,11-4-. The Hall–Kier alpha value is -1.51. The van der Waals surface area contributed by atoms with Crippen LogP contribution in [0, 0.1) is 5.41 Å². The number of hydrogen-bond donors (Lipinski definition) is 1. The van der Waals surface area contributed by atoms with Gasteiger partial charge in [0.15, 0.2) is 0 Å². The minimum Gasteiger partial charge on any atom is -0.461 e. The molecule has 2 N–H and O–H groups in total.